The quantitative estimate of drug-likeness (QED) is 0.567. The number of piperazine rings is 1. The zero-order valence-corrected chi connectivity index (χ0v) is 23.9. The number of anilines is 1. The lowest BCUT2D eigenvalue weighted by Gasteiger charge is -2.56. The van der Waals surface area contributed by atoms with Crippen LogP contribution in [0.25, 0.3) is 5.57 Å². The Hall–Kier alpha value is -3.71. The number of hydrazine groups is 1. The number of nitriles is 1. The molecule has 0 aliphatic carbocycles. The van der Waals surface area contributed by atoms with Crippen LogP contribution in [0.3, 0.4) is 0 Å². The van der Waals surface area contributed by atoms with E-state index in [2.05, 4.69) is 59.0 Å². The van der Waals surface area contributed by atoms with Gasteiger partial charge >= 0.3 is 0 Å². The van der Waals surface area contributed by atoms with Crippen molar-refractivity contribution in [3.05, 3.63) is 82.3 Å². The highest BCUT2D eigenvalue weighted by Crippen LogP contribution is 2.40. The Morgan fingerprint density at radius 1 is 1.15 bits per heavy atom. The van der Waals surface area contributed by atoms with E-state index in [9.17, 15) is 10.4 Å². The van der Waals surface area contributed by atoms with Crippen LogP contribution in [0, 0.1) is 25.2 Å². The molecule has 2 aromatic rings. The molecule has 2 unspecified atom stereocenters. The summed E-state index contributed by atoms with van der Waals surface area (Å²) in [7, 11) is 1.95. The van der Waals surface area contributed by atoms with Gasteiger partial charge in [0.15, 0.2) is 0 Å². The number of nitrogens with zero attached hydrogens (tertiary/aromatic N) is 7. The van der Waals surface area contributed by atoms with Gasteiger partial charge in [-0.3, -0.25) is 14.9 Å². The second-order valence-corrected chi connectivity index (χ2v) is 12.1. The Morgan fingerprint density at radius 3 is 2.50 bits per heavy atom. The minimum Gasteiger partial charge on any atom is -0.489 e. The maximum absolute atomic E-state index is 10.2. The van der Waals surface area contributed by atoms with E-state index in [1.54, 1.807) is 13.8 Å². The largest absolute Gasteiger partial charge is 0.489 e. The molecule has 5 aliphatic rings. The number of allylic oxidation sites excluding steroid dienone is 2. The summed E-state index contributed by atoms with van der Waals surface area (Å²) in [5.74, 6) is 1.61. The minimum absolute atomic E-state index is 0.163. The minimum atomic E-state index is -0.955. The van der Waals surface area contributed by atoms with Crippen molar-refractivity contribution in [1.82, 2.24) is 24.9 Å². The van der Waals surface area contributed by atoms with Crippen LogP contribution < -0.4 is 4.90 Å². The molecule has 2 aromatic heterocycles. The van der Waals surface area contributed by atoms with Gasteiger partial charge in [0.05, 0.1) is 35.7 Å². The topological polar surface area (TPSA) is 92.0 Å². The number of hydrogen-bond acceptors (Lipinski definition) is 9. The molecule has 0 radical (unpaired) electrons. The second-order valence-electron chi connectivity index (χ2n) is 12.1. The fraction of sp³-hybridized carbons (Fsp3) is 0.452. The molecule has 0 amide bonds. The molecule has 9 nitrogen and oxygen atoms in total. The van der Waals surface area contributed by atoms with Crippen LogP contribution in [0.1, 0.15) is 42.8 Å². The number of aliphatic hydroxyl groups is 1. The molecular formula is C31H37N7O2. The summed E-state index contributed by atoms with van der Waals surface area (Å²) in [5, 5.41) is 24.0. The van der Waals surface area contributed by atoms with E-state index in [0.29, 0.717) is 30.0 Å². The molecule has 2 atom stereocenters. The highest BCUT2D eigenvalue weighted by Gasteiger charge is 2.44. The molecule has 3 saturated heterocycles. The highest BCUT2D eigenvalue weighted by molar-refractivity contribution is 5.83. The molecule has 1 N–H and O–H groups in total. The van der Waals surface area contributed by atoms with Crippen LogP contribution in [-0.4, -0.2) is 81.0 Å². The van der Waals surface area contributed by atoms with Gasteiger partial charge in [-0.25, -0.2) is 9.99 Å². The molecule has 40 heavy (non-hydrogen) atoms. The number of ether oxygens (including phenoxy) is 1. The van der Waals surface area contributed by atoms with Gasteiger partial charge < -0.3 is 14.7 Å². The standard InChI is InChI=1S/C31H37N7O2/c1-20-8-22(9-21(2)34-20)14-37-25-10-26(37)17-36(16-25)29-7-6-23(13-33-29)28-11-27(40-19-31(3,4)39)18-38-30(28)24(12-32)15-35(38)5/h6-9,11,13,18,25-26,39H,10,14-17,19H2,1-5H3. The van der Waals surface area contributed by atoms with Gasteiger partial charge in [-0.15, -0.1) is 0 Å². The molecular weight excluding hydrogens is 502 g/mol. The first kappa shape index (κ1) is 26.5. The lowest BCUT2D eigenvalue weighted by molar-refractivity contribution is -0.00872. The predicted molar refractivity (Wildman–Crippen MR) is 153 cm³/mol. The highest BCUT2D eigenvalue weighted by atomic mass is 16.5. The normalized spacial score (nSPS) is 22.9. The number of likely N-dealkylation sites (N-methyl/N-ethyl adjacent to an activating group) is 1. The summed E-state index contributed by atoms with van der Waals surface area (Å²) in [4.78, 5) is 14.4. The third-order valence-corrected chi connectivity index (χ3v) is 8.02. The van der Waals surface area contributed by atoms with Crippen molar-refractivity contribution in [2.75, 3.05) is 38.2 Å². The van der Waals surface area contributed by atoms with Crippen LogP contribution in [0.4, 0.5) is 5.82 Å². The average Bonchev–Trinajstić information content (AvgIpc) is 3.25. The molecule has 0 aromatic carbocycles. The summed E-state index contributed by atoms with van der Waals surface area (Å²) in [5.41, 5.74) is 5.92. The average molecular weight is 540 g/mol. The van der Waals surface area contributed by atoms with Crippen LogP contribution in [0.15, 0.2) is 59.8 Å². The van der Waals surface area contributed by atoms with Crippen LogP contribution >= 0.6 is 0 Å². The van der Waals surface area contributed by atoms with Gasteiger partial charge in [-0.1, -0.05) is 0 Å². The van der Waals surface area contributed by atoms with Crippen molar-refractivity contribution in [3.8, 4) is 6.07 Å². The zero-order valence-electron chi connectivity index (χ0n) is 23.9. The first-order chi connectivity index (χ1) is 19.1. The van der Waals surface area contributed by atoms with Gasteiger partial charge in [0.25, 0.3) is 0 Å². The van der Waals surface area contributed by atoms with Crippen molar-refractivity contribution < 1.29 is 9.84 Å². The molecule has 5 aliphatic heterocycles. The van der Waals surface area contributed by atoms with Gasteiger partial charge in [0.1, 0.15) is 18.2 Å². The smallest absolute Gasteiger partial charge is 0.137 e. The molecule has 0 spiro atoms. The number of fused-ring (bicyclic) bond motifs is 3. The summed E-state index contributed by atoms with van der Waals surface area (Å²) in [6, 6.07) is 12.0. The number of aryl methyl sites for hydroxylation is 2. The Morgan fingerprint density at radius 2 is 1.88 bits per heavy atom. The van der Waals surface area contributed by atoms with E-state index in [0.717, 1.165) is 53.7 Å². The fourth-order valence-electron chi connectivity index (χ4n) is 6.24. The van der Waals surface area contributed by atoms with Crippen LogP contribution in [0.2, 0.25) is 0 Å². The predicted octanol–water partition coefficient (Wildman–Crippen LogP) is 3.52. The molecule has 9 heteroatoms. The lowest BCUT2D eigenvalue weighted by Crippen LogP contribution is -2.68. The van der Waals surface area contributed by atoms with Crippen LogP contribution in [-0.2, 0) is 11.3 Å². The van der Waals surface area contributed by atoms with E-state index >= 15 is 0 Å². The van der Waals surface area contributed by atoms with Gasteiger partial charge in [-0.2, -0.15) is 5.26 Å². The Balaban J connectivity index is 1.19. The molecule has 7 rings (SSSR count). The first-order valence-electron chi connectivity index (χ1n) is 13.9. The van der Waals surface area contributed by atoms with E-state index in [-0.39, 0.29) is 6.61 Å². The number of rotatable bonds is 7. The molecule has 2 bridgehead atoms. The summed E-state index contributed by atoms with van der Waals surface area (Å²) in [6.07, 6.45) is 6.95. The van der Waals surface area contributed by atoms with Crippen molar-refractivity contribution in [3.63, 3.8) is 0 Å². The zero-order chi connectivity index (χ0) is 28.2. The Labute approximate surface area is 236 Å². The van der Waals surface area contributed by atoms with Crippen molar-refractivity contribution >= 4 is 11.4 Å². The molecule has 3 fully saturated rings. The van der Waals surface area contributed by atoms with Crippen LogP contribution in [0.5, 0.6) is 0 Å². The van der Waals surface area contributed by atoms with Gasteiger partial charge in [0.2, 0.25) is 0 Å². The summed E-state index contributed by atoms with van der Waals surface area (Å²) < 4.78 is 5.95. The number of piperidine rings is 1. The molecule has 208 valence electrons. The summed E-state index contributed by atoms with van der Waals surface area (Å²) in [6.45, 7) is 11.2. The maximum Gasteiger partial charge on any atom is 0.137 e. The van der Waals surface area contributed by atoms with Gasteiger partial charge in [-0.05, 0) is 70.0 Å². The lowest BCUT2D eigenvalue weighted by atomic mass is 9.86. The Kier molecular flexibility index (Phi) is 6.65. The second kappa shape index (κ2) is 10.0. The number of pyridine rings is 2. The van der Waals surface area contributed by atoms with Crippen molar-refractivity contribution in [2.24, 2.45) is 0 Å². The third kappa shape index (κ3) is 5.10. The van der Waals surface area contributed by atoms with E-state index < -0.39 is 5.60 Å². The van der Waals surface area contributed by atoms with Crippen molar-refractivity contribution in [1.29, 1.82) is 5.26 Å². The van der Waals surface area contributed by atoms with Crippen molar-refractivity contribution in [2.45, 2.75) is 58.3 Å². The number of aromatic nitrogens is 2. The van der Waals surface area contributed by atoms with E-state index in [1.165, 1.54) is 12.0 Å². The fourth-order valence-corrected chi connectivity index (χ4v) is 6.24. The van der Waals surface area contributed by atoms with E-state index in [1.807, 2.05) is 35.5 Å². The monoisotopic (exact) mass is 539 g/mol. The Bertz CT molecular complexity index is 1420. The van der Waals surface area contributed by atoms with E-state index in [4.69, 9.17) is 9.72 Å². The third-order valence-electron chi connectivity index (χ3n) is 8.02. The first-order valence-corrected chi connectivity index (χ1v) is 13.9. The molecule has 0 saturated carbocycles. The number of hydrogen-bond donors (Lipinski definition) is 1. The van der Waals surface area contributed by atoms with Gasteiger partial charge in [0, 0.05) is 67.5 Å². The summed E-state index contributed by atoms with van der Waals surface area (Å²) >= 11 is 0. The maximum atomic E-state index is 10.2. The molecule has 7 heterocycles. The SMILES string of the molecule is Cc1cc(CN2C3CC2CN(c2ccc(C4=CC(OCC(C)(C)O)=CN5C4=C(C#N)CN5C)cn2)C3)cc(C)n1.